The predicted molar refractivity (Wildman–Crippen MR) is 130 cm³/mol. The van der Waals surface area contributed by atoms with Crippen LogP contribution in [0.1, 0.15) is 20.8 Å². The lowest BCUT2D eigenvalue weighted by Crippen LogP contribution is -2.13. The molecule has 0 spiro atoms. The molecule has 0 bridgehead atoms. The highest BCUT2D eigenvalue weighted by Crippen LogP contribution is 2.23. The number of rotatable bonds is 14. The summed E-state index contributed by atoms with van der Waals surface area (Å²) in [5.41, 5.74) is 0. The average Bonchev–Trinajstić information content (AvgIpc) is 2.62. The van der Waals surface area contributed by atoms with Crippen molar-refractivity contribution in [2.75, 3.05) is 34.5 Å². The second kappa shape index (κ2) is 19.3. The molecule has 0 fully saturated rings. The Morgan fingerprint density at radius 1 is 0.667 bits per heavy atom. The molecule has 0 aromatic carbocycles. The summed E-state index contributed by atoms with van der Waals surface area (Å²) in [7, 11) is 0. The summed E-state index contributed by atoms with van der Waals surface area (Å²) in [6.45, 7) is 5.52. The molecule has 1 atom stereocenters. The van der Waals surface area contributed by atoms with Crippen molar-refractivity contribution in [3.8, 4) is 0 Å². The van der Waals surface area contributed by atoms with E-state index in [9.17, 15) is 14.4 Å². The van der Waals surface area contributed by atoms with Gasteiger partial charge in [-0.25, -0.2) is 0 Å². The molecule has 0 saturated carbocycles. The molecule has 0 rings (SSSR count). The normalized spacial score (nSPS) is 13.0. The van der Waals surface area contributed by atoms with E-state index in [0.29, 0.717) is 5.25 Å². The SMILES string of the molecule is CC=CC(=O)SCCSCC(CSC(=O)C=CC)SCCSC(=O)C=CC. The highest BCUT2D eigenvalue weighted by Gasteiger charge is 2.12. The van der Waals surface area contributed by atoms with Gasteiger partial charge in [-0.2, -0.15) is 23.5 Å². The summed E-state index contributed by atoms with van der Waals surface area (Å²) in [4.78, 5) is 34.6. The molecule has 27 heavy (non-hydrogen) atoms. The van der Waals surface area contributed by atoms with Gasteiger partial charge in [0.2, 0.25) is 15.3 Å². The second-order valence-corrected chi connectivity index (χ2v) is 10.8. The molecule has 3 nitrogen and oxygen atoms in total. The van der Waals surface area contributed by atoms with Crippen LogP contribution in [0.25, 0.3) is 0 Å². The zero-order chi connectivity index (χ0) is 20.3. The van der Waals surface area contributed by atoms with E-state index in [4.69, 9.17) is 0 Å². The van der Waals surface area contributed by atoms with Crippen molar-refractivity contribution in [2.24, 2.45) is 0 Å². The van der Waals surface area contributed by atoms with Crippen molar-refractivity contribution in [2.45, 2.75) is 26.0 Å². The van der Waals surface area contributed by atoms with Crippen LogP contribution in [0.15, 0.2) is 36.5 Å². The van der Waals surface area contributed by atoms with Crippen molar-refractivity contribution in [3.05, 3.63) is 36.5 Å². The summed E-state index contributed by atoms with van der Waals surface area (Å²) in [5.74, 6) is 5.06. The fourth-order valence-corrected chi connectivity index (χ4v) is 7.03. The molecule has 1 unspecified atom stereocenters. The van der Waals surface area contributed by atoms with Crippen LogP contribution in [0.2, 0.25) is 0 Å². The highest BCUT2D eigenvalue weighted by molar-refractivity contribution is 8.16. The number of hydrogen-bond acceptors (Lipinski definition) is 8. The van der Waals surface area contributed by atoms with Gasteiger partial charge >= 0.3 is 0 Å². The van der Waals surface area contributed by atoms with Crippen LogP contribution in [0.5, 0.6) is 0 Å². The van der Waals surface area contributed by atoms with Crippen LogP contribution in [0, 0.1) is 0 Å². The van der Waals surface area contributed by atoms with Gasteiger partial charge in [0.1, 0.15) is 0 Å². The number of hydrogen-bond donors (Lipinski definition) is 0. The highest BCUT2D eigenvalue weighted by atomic mass is 32.2. The number of thioether (sulfide) groups is 5. The Morgan fingerprint density at radius 2 is 1.15 bits per heavy atom. The maximum atomic E-state index is 11.7. The van der Waals surface area contributed by atoms with Gasteiger partial charge in [0.15, 0.2) is 0 Å². The van der Waals surface area contributed by atoms with Gasteiger partial charge < -0.3 is 0 Å². The zero-order valence-electron chi connectivity index (χ0n) is 16.1. The Balaban J connectivity index is 4.20. The number of allylic oxidation sites excluding steroid dienone is 3. The minimum Gasteiger partial charge on any atom is -0.282 e. The molecule has 0 amide bonds. The molecule has 0 aliphatic rings. The first-order valence-electron chi connectivity index (χ1n) is 8.61. The van der Waals surface area contributed by atoms with Crippen LogP contribution in [-0.4, -0.2) is 55.1 Å². The van der Waals surface area contributed by atoms with Gasteiger partial charge in [-0.1, -0.05) is 53.5 Å². The van der Waals surface area contributed by atoms with Crippen molar-refractivity contribution < 1.29 is 14.4 Å². The summed E-state index contributed by atoms with van der Waals surface area (Å²) in [6, 6.07) is 0. The van der Waals surface area contributed by atoms with Gasteiger partial charge in [-0.05, 0) is 39.0 Å². The monoisotopic (exact) mass is 464 g/mol. The quantitative estimate of drug-likeness (QED) is 0.253. The summed E-state index contributed by atoms with van der Waals surface area (Å²) >= 11 is 7.64. The van der Waals surface area contributed by atoms with Crippen LogP contribution in [0.4, 0.5) is 0 Å². The summed E-state index contributed by atoms with van der Waals surface area (Å²) in [5, 5.41) is 0.616. The van der Waals surface area contributed by atoms with E-state index in [0.717, 1.165) is 34.5 Å². The zero-order valence-corrected chi connectivity index (χ0v) is 20.1. The van der Waals surface area contributed by atoms with Crippen LogP contribution >= 0.6 is 58.8 Å². The summed E-state index contributed by atoms with van der Waals surface area (Å²) in [6.07, 6.45) is 10.0. The third-order valence-electron chi connectivity index (χ3n) is 2.78. The molecule has 0 aliphatic carbocycles. The molecular formula is C19H28O3S5. The molecule has 0 heterocycles. The standard InChI is InChI=1S/C19H28O3S5/c1-4-7-17(20)25-11-10-23-14-16(15-27-19(22)9-6-3)24-12-13-26-18(21)8-5-2/h4-9,16H,10-15H2,1-3H3. The molecule has 152 valence electrons. The first-order chi connectivity index (χ1) is 13.0. The molecule has 0 aromatic rings. The van der Waals surface area contributed by atoms with Gasteiger partial charge in [0, 0.05) is 39.8 Å². The minimum absolute atomic E-state index is 0.0817. The van der Waals surface area contributed by atoms with Gasteiger partial charge in [0.05, 0.1) is 0 Å². The van der Waals surface area contributed by atoms with E-state index in [1.165, 1.54) is 35.3 Å². The molecule has 0 saturated heterocycles. The topological polar surface area (TPSA) is 51.2 Å². The third-order valence-corrected chi connectivity index (χ3v) is 8.74. The molecular weight excluding hydrogens is 437 g/mol. The van der Waals surface area contributed by atoms with E-state index in [1.54, 1.807) is 36.5 Å². The van der Waals surface area contributed by atoms with Crippen molar-refractivity contribution in [3.63, 3.8) is 0 Å². The molecule has 0 radical (unpaired) electrons. The molecule has 0 aliphatic heterocycles. The van der Waals surface area contributed by atoms with Crippen LogP contribution < -0.4 is 0 Å². The molecule has 0 N–H and O–H groups in total. The molecule has 8 heteroatoms. The van der Waals surface area contributed by atoms with Gasteiger partial charge in [-0.15, -0.1) is 0 Å². The maximum Gasteiger partial charge on any atom is 0.211 e. The van der Waals surface area contributed by atoms with Crippen molar-refractivity contribution in [1.82, 2.24) is 0 Å². The van der Waals surface area contributed by atoms with E-state index < -0.39 is 0 Å². The Bertz CT molecular complexity index is 529. The fraction of sp³-hybridized carbons (Fsp3) is 0.526. The Morgan fingerprint density at radius 3 is 1.67 bits per heavy atom. The van der Waals surface area contributed by atoms with Crippen LogP contribution in [0.3, 0.4) is 0 Å². The second-order valence-electron chi connectivity index (χ2n) is 5.03. The lowest BCUT2D eigenvalue weighted by Gasteiger charge is -2.15. The molecule has 0 aromatic heterocycles. The van der Waals surface area contributed by atoms with E-state index in [-0.39, 0.29) is 15.3 Å². The van der Waals surface area contributed by atoms with Gasteiger partial charge in [-0.3, -0.25) is 14.4 Å². The predicted octanol–water partition coefficient (Wildman–Crippen LogP) is 5.33. The Kier molecular flexibility index (Phi) is 19.3. The van der Waals surface area contributed by atoms with E-state index in [1.807, 2.05) is 44.3 Å². The Hall–Kier alpha value is -0.0200. The largest absolute Gasteiger partial charge is 0.282 e. The number of carbonyl (C=O) groups is 3. The fourth-order valence-electron chi connectivity index (χ4n) is 1.65. The lowest BCUT2D eigenvalue weighted by atomic mass is 10.5. The third kappa shape index (κ3) is 17.8. The first-order valence-corrected chi connectivity index (χ1v) is 13.8. The van der Waals surface area contributed by atoms with E-state index >= 15 is 0 Å². The minimum atomic E-state index is 0.0817. The van der Waals surface area contributed by atoms with Crippen molar-refractivity contribution >= 4 is 74.2 Å². The van der Waals surface area contributed by atoms with Crippen LogP contribution in [-0.2, 0) is 14.4 Å². The maximum absolute atomic E-state index is 11.7. The van der Waals surface area contributed by atoms with Gasteiger partial charge in [0.25, 0.3) is 0 Å². The van der Waals surface area contributed by atoms with E-state index in [2.05, 4.69) is 0 Å². The first kappa shape index (κ1) is 27.0. The summed E-state index contributed by atoms with van der Waals surface area (Å²) < 4.78 is 0. The smallest absolute Gasteiger partial charge is 0.211 e. The lowest BCUT2D eigenvalue weighted by molar-refractivity contribution is -0.107. The average molecular weight is 465 g/mol. The number of carbonyl (C=O) groups excluding carboxylic acids is 3. The van der Waals surface area contributed by atoms with Crippen molar-refractivity contribution in [1.29, 1.82) is 0 Å². The Labute approximate surface area is 184 Å².